The summed E-state index contributed by atoms with van der Waals surface area (Å²) in [6.07, 6.45) is 2.58. The molecule has 0 bridgehead atoms. The molecule has 2 heterocycles. The first kappa shape index (κ1) is 20.5. The highest BCUT2D eigenvalue weighted by atomic mass is 32.1. The Morgan fingerprint density at radius 3 is 2.50 bits per heavy atom. The highest BCUT2D eigenvalue weighted by Crippen LogP contribution is 2.24. The van der Waals surface area contributed by atoms with Crippen LogP contribution in [0.1, 0.15) is 28.1 Å². The Morgan fingerprint density at radius 2 is 1.80 bits per heavy atom. The Morgan fingerprint density at radius 1 is 1.10 bits per heavy atom. The first-order valence-electron chi connectivity index (χ1n) is 10.1. The zero-order chi connectivity index (χ0) is 20.9. The van der Waals surface area contributed by atoms with Gasteiger partial charge in [-0.25, -0.2) is 4.39 Å². The van der Waals surface area contributed by atoms with Crippen molar-refractivity contribution in [1.29, 1.82) is 0 Å². The Kier molecular flexibility index (Phi) is 6.40. The van der Waals surface area contributed by atoms with Crippen molar-refractivity contribution in [1.82, 2.24) is 15.2 Å². The molecule has 0 radical (unpaired) electrons. The summed E-state index contributed by atoms with van der Waals surface area (Å²) in [5.74, 6) is -0.310. The van der Waals surface area contributed by atoms with Gasteiger partial charge in [0.25, 0.3) is 5.91 Å². The lowest BCUT2D eigenvalue weighted by atomic mass is 10.0. The Hall–Kier alpha value is -2.77. The molecule has 0 aliphatic carbocycles. The van der Waals surface area contributed by atoms with Crippen LogP contribution in [0.3, 0.4) is 0 Å². The van der Waals surface area contributed by atoms with Crippen LogP contribution in [0.5, 0.6) is 0 Å². The molecule has 1 saturated heterocycles. The van der Waals surface area contributed by atoms with Gasteiger partial charge in [-0.3, -0.25) is 9.59 Å². The summed E-state index contributed by atoms with van der Waals surface area (Å²) in [6.45, 7) is 2.66. The highest BCUT2D eigenvalue weighted by Gasteiger charge is 2.21. The van der Waals surface area contributed by atoms with Crippen LogP contribution < -0.4 is 10.2 Å². The molecule has 0 unspecified atom stereocenters. The summed E-state index contributed by atoms with van der Waals surface area (Å²) in [6, 6.07) is 15.7. The summed E-state index contributed by atoms with van der Waals surface area (Å²) in [5, 5.41) is 3.13. The van der Waals surface area contributed by atoms with Gasteiger partial charge in [-0.1, -0.05) is 29.5 Å². The third-order valence-electron chi connectivity index (χ3n) is 5.47. The Balaban J connectivity index is 1.30. The fourth-order valence-electron chi connectivity index (χ4n) is 3.80. The number of nitrogens with one attached hydrogen (secondary N) is 2. The molecular weight excluding hydrogens is 401 g/mol. The number of amides is 1. The zero-order valence-corrected chi connectivity index (χ0v) is 17.4. The molecule has 1 aromatic heterocycles. The van der Waals surface area contributed by atoms with Crippen LogP contribution in [0.25, 0.3) is 11.3 Å². The number of nitrogens with zero attached hydrogens (tertiary/aromatic N) is 1. The number of rotatable bonds is 6. The number of hydrogen-bond donors (Lipinski definition) is 2. The number of piperidine rings is 1. The van der Waals surface area contributed by atoms with Crippen LogP contribution in [-0.4, -0.2) is 41.5 Å². The molecule has 2 aromatic carbocycles. The molecule has 0 spiro atoms. The second-order valence-electron chi connectivity index (χ2n) is 7.52. The summed E-state index contributed by atoms with van der Waals surface area (Å²) in [5.41, 5.74) is 2.30. The minimum Gasteiger partial charge on any atom is -0.349 e. The second kappa shape index (κ2) is 9.36. The van der Waals surface area contributed by atoms with Crippen molar-refractivity contribution in [2.24, 2.45) is 0 Å². The molecular formula is C23H24FN3O2S. The predicted octanol–water partition coefficient (Wildman–Crippen LogP) is 3.68. The number of carbonyl (C=O) groups is 1. The number of hydrogen-bond acceptors (Lipinski definition) is 4. The maximum absolute atomic E-state index is 13.2. The molecule has 2 N–H and O–H groups in total. The van der Waals surface area contributed by atoms with Gasteiger partial charge in [0.1, 0.15) is 5.82 Å². The molecule has 1 aliphatic heterocycles. The van der Waals surface area contributed by atoms with Gasteiger partial charge in [0.2, 0.25) is 0 Å². The summed E-state index contributed by atoms with van der Waals surface area (Å²) in [7, 11) is 0. The van der Waals surface area contributed by atoms with Gasteiger partial charge in [0.05, 0.1) is 5.69 Å². The number of H-pyrrole nitrogens is 1. The predicted molar refractivity (Wildman–Crippen MR) is 117 cm³/mol. The molecule has 5 nitrogen and oxygen atoms in total. The zero-order valence-electron chi connectivity index (χ0n) is 16.6. The number of thiazole rings is 1. The van der Waals surface area contributed by atoms with Crippen LogP contribution in [-0.2, 0) is 6.42 Å². The molecule has 3 aromatic rings. The minimum absolute atomic E-state index is 0.0184. The average molecular weight is 426 g/mol. The Labute approximate surface area is 178 Å². The van der Waals surface area contributed by atoms with Crippen molar-refractivity contribution in [3.05, 3.63) is 80.5 Å². The number of halogens is 1. The van der Waals surface area contributed by atoms with E-state index in [4.69, 9.17) is 0 Å². The molecule has 1 aliphatic rings. The molecule has 30 heavy (non-hydrogen) atoms. The molecule has 1 amide bonds. The van der Waals surface area contributed by atoms with Gasteiger partial charge in [-0.15, -0.1) is 0 Å². The van der Waals surface area contributed by atoms with Crippen molar-refractivity contribution >= 4 is 17.2 Å². The molecule has 156 valence electrons. The molecule has 7 heteroatoms. The van der Waals surface area contributed by atoms with Crippen LogP contribution >= 0.6 is 11.3 Å². The first-order chi connectivity index (χ1) is 14.6. The number of likely N-dealkylation sites (tertiary alicyclic amines) is 1. The Bertz CT molecular complexity index is 1040. The minimum atomic E-state index is -0.292. The van der Waals surface area contributed by atoms with Crippen molar-refractivity contribution in [2.45, 2.75) is 25.3 Å². The largest absolute Gasteiger partial charge is 0.349 e. The van der Waals surface area contributed by atoms with E-state index in [-0.39, 0.29) is 22.6 Å². The van der Waals surface area contributed by atoms with E-state index in [9.17, 15) is 14.0 Å². The molecule has 4 rings (SSSR count). The highest BCUT2D eigenvalue weighted by molar-refractivity contribution is 7.09. The van der Waals surface area contributed by atoms with E-state index in [1.54, 1.807) is 12.1 Å². The van der Waals surface area contributed by atoms with Crippen LogP contribution in [0, 0.1) is 5.82 Å². The number of aromatic nitrogens is 1. The number of benzene rings is 2. The number of carbonyl (C=O) groups excluding carboxylic acids is 1. The average Bonchev–Trinajstić information content (AvgIpc) is 3.15. The second-order valence-corrected chi connectivity index (χ2v) is 8.59. The maximum atomic E-state index is 13.2. The fourth-order valence-corrected chi connectivity index (χ4v) is 4.65. The fraction of sp³-hybridized carbons (Fsp3) is 0.304. The lowest BCUT2D eigenvalue weighted by molar-refractivity contribution is 0.0911. The number of aromatic amines is 1. The van der Waals surface area contributed by atoms with Crippen LogP contribution in [0.15, 0.2) is 59.4 Å². The van der Waals surface area contributed by atoms with E-state index >= 15 is 0 Å². The molecule has 0 atom stereocenters. The molecule has 0 saturated carbocycles. The van der Waals surface area contributed by atoms with Crippen molar-refractivity contribution < 1.29 is 9.18 Å². The smallest absolute Gasteiger partial charge is 0.305 e. The van der Waals surface area contributed by atoms with Gasteiger partial charge < -0.3 is 15.2 Å². The monoisotopic (exact) mass is 425 g/mol. The summed E-state index contributed by atoms with van der Waals surface area (Å²) in [4.78, 5) is 30.4. The van der Waals surface area contributed by atoms with E-state index < -0.39 is 0 Å². The standard InChI is InChI=1S/C23H24FN3O2S/c24-18-8-6-16(7-9-18)21-20(30-23(29)26-21)12-15-27-13-10-19(11-14-27)25-22(28)17-4-2-1-3-5-17/h1-9,19H,10-15H2,(H,25,28)(H,26,29). The third kappa shape index (κ3) is 5.04. The van der Waals surface area contributed by atoms with E-state index in [1.165, 1.54) is 23.5 Å². The molecule has 1 fully saturated rings. The van der Waals surface area contributed by atoms with Gasteiger partial charge in [0, 0.05) is 36.1 Å². The van der Waals surface area contributed by atoms with Crippen molar-refractivity contribution in [3.8, 4) is 11.3 Å². The van der Waals surface area contributed by atoms with Gasteiger partial charge in [-0.05, 0) is 61.2 Å². The topological polar surface area (TPSA) is 65.2 Å². The quantitative estimate of drug-likeness (QED) is 0.633. The van der Waals surface area contributed by atoms with Crippen LogP contribution in [0.2, 0.25) is 0 Å². The van der Waals surface area contributed by atoms with Crippen LogP contribution in [0.4, 0.5) is 4.39 Å². The van der Waals surface area contributed by atoms with Gasteiger partial charge in [0.15, 0.2) is 0 Å². The normalized spacial score (nSPS) is 15.2. The van der Waals surface area contributed by atoms with Crippen molar-refractivity contribution in [2.75, 3.05) is 19.6 Å². The van der Waals surface area contributed by atoms with Crippen molar-refractivity contribution in [3.63, 3.8) is 0 Å². The summed E-state index contributed by atoms with van der Waals surface area (Å²) >= 11 is 1.22. The van der Waals surface area contributed by atoms with Gasteiger partial charge >= 0.3 is 4.87 Å². The van der Waals surface area contributed by atoms with E-state index in [2.05, 4.69) is 15.2 Å². The van der Waals surface area contributed by atoms with E-state index in [0.29, 0.717) is 5.56 Å². The SMILES string of the molecule is O=C(NC1CCN(CCc2sc(=O)[nH]c2-c2ccc(F)cc2)CC1)c1ccccc1. The summed E-state index contributed by atoms with van der Waals surface area (Å²) < 4.78 is 13.2. The first-order valence-corrected chi connectivity index (χ1v) is 11.0. The maximum Gasteiger partial charge on any atom is 0.305 e. The van der Waals surface area contributed by atoms with Gasteiger partial charge in [-0.2, -0.15) is 0 Å². The van der Waals surface area contributed by atoms with E-state index in [0.717, 1.165) is 55.0 Å². The van der Waals surface area contributed by atoms with E-state index in [1.807, 2.05) is 30.3 Å². The lowest BCUT2D eigenvalue weighted by Crippen LogP contribution is -2.45. The third-order valence-corrected chi connectivity index (χ3v) is 6.41. The lowest BCUT2D eigenvalue weighted by Gasteiger charge is -2.32.